The number of fused-ring (bicyclic) bond motifs is 3. The molecule has 2 aliphatic rings. The summed E-state index contributed by atoms with van der Waals surface area (Å²) in [5.74, 6) is -0.694. The van der Waals surface area contributed by atoms with Gasteiger partial charge in [0.05, 0.1) is 11.7 Å². The molecule has 0 spiro atoms. The Morgan fingerprint density at radius 3 is 2.82 bits per heavy atom. The van der Waals surface area contributed by atoms with Crippen LogP contribution in [-0.2, 0) is 0 Å². The molecule has 112 valence electrons. The van der Waals surface area contributed by atoms with Crippen molar-refractivity contribution >= 4 is 21.6 Å². The van der Waals surface area contributed by atoms with Gasteiger partial charge in [0.15, 0.2) is 0 Å². The number of anilines is 1. The molecular formula is C18H14BrF2N. The van der Waals surface area contributed by atoms with Gasteiger partial charge in [0.1, 0.15) is 11.6 Å². The zero-order valence-electron chi connectivity index (χ0n) is 11.7. The molecule has 2 aromatic carbocycles. The summed E-state index contributed by atoms with van der Waals surface area (Å²) in [5, 5.41) is 3.30. The van der Waals surface area contributed by atoms with Crippen LogP contribution >= 0.6 is 15.9 Å². The van der Waals surface area contributed by atoms with E-state index >= 15 is 0 Å². The number of hydrogen-bond acceptors (Lipinski definition) is 1. The summed E-state index contributed by atoms with van der Waals surface area (Å²) < 4.78 is 28.8. The highest BCUT2D eigenvalue weighted by molar-refractivity contribution is 9.10. The van der Waals surface area contributed by atoms with Crippen molar-refractivity contribution in [3.05, 3.63) is 75.8 Å². The molecule has 4 rings (SSSR count). The van der Waals surface area contributed by atoms with Crippen molar-refractivity contribution in [2.24, 2.45) is 5.92 Å². The molecule has 0 saturated heterocycles. The summed E-state index contributed by atoms with van der Waals surface area (Å²) in [6, 6.07) is 10.5. The highest BCUT2D eigenvalue weighted by atomic mass is 79.9. The van der Waals surface area contributed by atoms with Crippen molar-refractivity contribution in [1.82, 2.24) is 0 Å². The van der Waals surface area contributed by atoms with E-state index in [0.717, 1.165) is 28.1 Å². The van der Waals surface area contributed by atoms with E-state index in [-0.39, 0.29) is 17.9 Å². The van der Waals surface area contributed by atoms with Gasteiger partial charge in [-0.2, -0.15) is 0 Å². The van der Waals surface area contributed by atoms with E-state index in [0.29, 0.717) is 5.69 Å². The average Bonchev–Trinajstić information content (AvgIpc) is 2.96. The molecule has 1 heterocycles. The lowest BCUT2D eigenvalue weighted by Crippen LogP contribution is -2.29. The van der Waals surface area contributed by atoms with Crippen LogP contribution in [0.25, 0.3) is 0 Å². The van der Waals surface area contributed by atoms with Crippen LogP contribution in [0.2, 0.25) is 0 Å². The minimum Gasteiger partial charge on any atom is -0.375 e. The Bertz CT molecular complexity index is 772. The number of nitrogens with one attached hydrogen (secondary N) is 1. The maximum Gasteiger partial charge on any atom is 0.149 e. The Morgan fingerprint density at radius 1 is 1.14 bits per heavy atom. The van der Waals surface area contributed by atoms with Gasteiger partial charge in [-0.1, -0.05) is 40.2 Å². The molecule has 0 amide bonds. The van der Waals surface area contributed by atoms with Crippen molar-refractivity contribution in [3.63, 3.8) is 0 Å². The molecule has 0 aromatic heterocycles. The standard InChI is InChI=1S/C18H14BrF2N/c19-11-4-1-3-10(7-11)17-14-6-2-5-13(14)15-8-12(20)9-16(21)18(15)22-17/h1-5,7-9,13-14,17,22H,6H2/t13-,14-,17-/m1/s1. The lowest BCUT2D eigenvalue weighted by Gasteiger charge is -2.37. The third kappa shape index (κ3) is 2.17. The quantitative estimate of drug-likeness (QED) is 0.656. The first-order valence-corrected chi connectivity index (χ1v) is 8.10. The summed E-state index contributed by atoms with van der Waals surface area (Å²) in [7, 11) is 0. The van der Waals surface area contributed by atoms with Gasteiger partial charge < -0.3 is 5.32 Å². The lowest BCUT2D eigenvalue weighted by atomic mass is 9.77. The Kier molecular flexibility index (Phi) is 3.30. The van der Waals surface area contributed by atoms with E-state index < -0.39 is 11.6 Å². The molecular weight excluding hydrogens is 348 g/mol. The predicted octanol–water partition coefficient (Wildman–Crippen LogP) is 5.55. The van der Waals surface area contributed by atoms with Gasteiger partial charge in [0.25, 0.3) is 0 Å². The summed E-state index contributed by atoms with van der Waals surface area (Å²) in [6.45, 7) is 0. The van der Waals surface area contributed by atoms with Gasteiger partial charge in [-0.25, -0.2) is 8.78 Å². The Labute approximate surface area is 136 Å². The van der Waals surface area contributed by atoms with Crippen LogP contribution in [0.15, 0.2) is 53.0 Å². The maximum absolute atomic E-state index is 14.2. The number of rotatable bonds is 1. The first kappa shape index (κ1) is 13.9. The summed E-state index contributed by atoms with van der Waals surface area (Å²) >= 11 is 3.49. The second kappa shape index (κ2) is 5.20. The minimum atomic E-state index is -0.520. The van der Waals surface area contributed by atoms with Crippen LogP contribution in [-0.4, -0.2) is 0 Å². The SMILES string of the molecule is Fc1cc(F)c2c(c1)[C@@H]1C=CC[C@H]1[C@@H](c1cccc(Br)c1)N2. The fourth-order valence-corrected chi connectivity index (χ4v) is 4.07. The number of allylic oxidation sites excluding steroid dienone is 2. The van der Waals surface area contributed by atoms with Crippen LogP contribution < -0.4 is 5.32 Å². The average molecular weight is 362 g/mol. The molecule has 4 heteroatoms. The molecule has 1 N–H and O–H groups in total. The summed E-state index contributed by atoms with van der Waals surface area (Å²) in [5.41, 5.74) is 2.27. The van der Waals surface area contributed by atoms with E-state index in [1.165, 1.54) is 6.07 Å². The highest BCUT2D eigenvalue weighted by Gasteiger charge is 2.39. The third-order valence-electron chi connectivity index (χ3n) is 4.59. The highest BCUT2D eigenvalue weighted by Crippen LogP contribution is 2.50. The van der Waals surface area contributed by atoms with Crippen LogP contribution in [0.5, 0.6) is 0 Å². The maximum atomic E-state index is 14.2. The first-order chi connectivity index (χ1) is 10.6. The summed E-state index contributed by atoms with van der Waals surface area (Å²) in [6.07, 6.45) is 5.10. The largest absolute Gasteiger partial charge is 0.375 e. The molecule has 0 bridgehead atoms. The fraction of sp³-hybridized carbons (Fsp3) is 0.222. The van der Waals surface area contributed by atoms with E-state index in [9.17, 15) is 8.78 Å². The molecule has 1 aliphatic heterocycles. The van der Waals surface area contributed by atoms with E-state index in [1.807, 2.05) is 18.2 Å². The topological polar surface area (TPSA) is 12.0 Å². The molecule has 1 aliphatic carbocycles. The zero-order chi connectivity index (χ0) is 15.3. The van der Waals surface area contributed by atoms with E-state index in [1.54, 1.807) is 0 Å². The van der Waals surface area contributed by atoms with E-state index in [4.69, 9.17) is 0 Å². The van der Waals surface area contributed by atoms with Gasteiger partial charge in [0.2, 0.25) is 0 Å². The number of halogens is 3. The predicted molar refractivity (Wildman–Crippen MR) is 86.9 cm³/mol. The van der Waals surface area contributed by atoms with Gasteiger partial charge in [0, 0.05) is 16.5 Å². The molecule has 0 fully saturated rings. The van der Waals surface area contributed by atoms with Gasteiger partial charge in [-0.3, -0.25) is 0 Å². The number of benzene rings is 2. The van der Waals surface area contributed by atoms with Gasteiger partial charge >= 0.3 is 0 Å². The lowest BCUT2D eigenvalue weighted by molar-refractivity contribution is 0.418. The fourth-order valence-electron chi connectivity index (χ4n) is 3.65. The normalized spacial score (nSPS) is 25.5. The molecule has 0 unspecified atom stereocenters. The van der Waals surface area contributed by atoms with Crippen LogP contribution in [0.3, 0.4) is 0 Å². The second-order valence-electron chi connectivity index (χ2n) is 5.88. The molecule has 1 nitrogen and oxygen atoms in total. The van der Waals surface area contributed by atoms with Crippen molar-refractivity contribution in [1.29, 1.82) is 0 Å². The van der Waals surface area contributed by atoms with Crippen LogP contribution in [0, 0.1) is 17.6 Å². The minimum absolute atomic E-state index is 0.0185. The van der Waals surface area contributed by atoms with Gasteiger partial charge in [-0.05, 0) is 41.7 Å². The second-order valence-corrected chi connectivity index (χ2v) is 6.80. The molecule has 22 heavy (non-hydrogen) atoms. The van der Waals surface area contributed by atoms with Crippen molar-refractivity contribution in [2.75, 3.05) is 5.32 Å². The Balaban J connectivity index is 1.84. The van der Waals surface area contributed by atoms with Gasteiger partial charge in [-0.15, -0.1) is 0 Å². The smallest absolute Gasteiger partial charge is 0.149 e. The first-order valence-electron chi connectivity index (χ1n) is 7.31. The zero-order valence-corrected chi connectivity index (χ0v) is 13.3. The van der Waals surface area contributed by atoms with Crippen molar-refractivity contribution in [3.8, 4) is 0 Å². The third-order valence-corrected chi connectivity index (χ3v) is 5.09. The summed E-state index contributed by atoms with van der Waals surface area (Å²) in [4.78, 5) is 0. The monoisotopic (exact) mass is 361 g/mol. The van der Waals surface area contributed by atoms with E-state index in [2.05, 4.69) is 39.5 Å². The molecule has 0 radical (unpaired) electrons. The van der Waals surface area contributed by atoms with Crippen LogP contribution in [0.4, 0.5) is 14.5 Å². The Hall–Kier alpha value is -1.68. The van der Waals surface area contributed by atoms with Crippen molar-refractivity contribution < 1.29 is 8.78 Å². The van der Waals surface area contributed by atoms with Crippen molar-refractivity contribution in [2.45, 2.75) is 18.4 Å². The molecule has 0 saturated carbocycles. The molecule has 3 atom stereocenters. The number of hydrogen-bond donors (Lipinski definition) is 1. The molecule has 2 aromatic rings. The Morgan fingerprint density at radius 2 is 2.00 bits per heavy atom. The van der Waals surface area contributed by atoms with Crippen LogP contribution in [0.1, 0.15) is 29.5 Å².